The minimum absolute atomic E-state index is 0.0299. The van der Waals surface area contributed by atoms with Gasteiger partial charge in [-0.15, -0.1) is 0 Å². The van der Waals surface area contributed by atoms with Crippen molar-refractivity contribution in [2.24, 2.45) is 23.2 Å². The van der Waals surface area contributed by atoms with Crippen LogP contribution in [0.4, 0.5) is 0 Å². The van der Waals surface area contributed by atoms with Gasteiger partial charge in [-0.2, -0.15) is 10.5 Å². The van der Waals surface area contributed by atoms with E-state index >= 15 is 0 Å². The Kier molecular flexibility index (Phi) is 10.5. The number of rotatable bonds is 9. The number of hydrogen-bond acceptors (Lipinski definition) is 8. The van der Waals surface area contributed by atoms with Gasteiger partial charge in [0.15, 0.2) is 0 Å². The van der Waals surface area contributed by atoms with Crippen molar-refractivity contribution in [3.63, 3.8) is 0 Å². The van der Waals surface area contributed by atoms with Crippen LogP contribution in [-0.4, -0.2) is 11.9 Å². The van der Waals surface area contributed by atoms with Gasteiger partial charge in [0.25, 0.3) is 0 Å². The molecule has 0 aromatic heterocycles. The lowest BCUT2D eigenvalue weighted by molar-refractivity contribution is -0.137. The van der Waals surface area contributed by atoms with E-state index in [1.165, 1.54) is 23.5 Å². The second-order valence-corrected chi connectivity index (χ2v) is 13.5. The van der Waals surface area contributed by atoms with Gasteiger partial charge in [-0.25, -0.2) is 0 Å². The predicted octanol–water partition coefficient (Wildman–Crippen LogP) is 7.80. The highest BCUT2D eigenvalue weighted by Crippen LogP contribution is 2.59. The molecule has 2 rings (SSSR count). The molecule has 0 aliphatic carbocycles. The van der Waals surface area contributed by atoms with Crippen molar-refractivity contribution in [3.05, 3.63) is 21.4 Å². The molecule has 0 bridgehead atoms. The van der Waals surface area contributed by atoms with Gasteiger partial charge < -0.3 is 9.47 Å². The van der Waals surface area contributed by atoms with Crippen LogP contribution in [0.2, 0.25) is 0 Å². The molecule has 0 N–H and O–H groups in total. The molecule has 194 valence electrons. The van der Waals surface area contributed by atoms with Gasteiger partial charge in [0.2, 0.25) is 0 Å². The van der Waals surface area contributed by atoms with Crippen LogP contribution in [0.1, 0.15) is 79.7 Å². The minimum Gasteiger partial charge on any atom is -0.425 e. The van der Waals surface area contributed by atoms with E-state index in [0.29, 0.717) is 37.0 Å². The molecule has 0 fully saturated rings. The summed E-state index contributed by atoms with van der Waals surface area (Å²) in [7, 11) is 0. The fourth-order valence-electron chi connectivity index (χ4n) is 4.43. The van der Waals surface area contributed by atoms with E-state index in [1.807, 2.05) is 26.0 Å². The molecule has 8 heteroatoms. The van der Waals surface area contributed by atoms with Gasteiger partial charge >= 0.3 is 11.9 Å². The summed E-state index contributed by atoms with van der Waals surface area (Å²) >= 11 is 2.39. The molecule has 36 heavy (non-hydrogen) atoms. The molecule has 1 heterocycles. The topological polar surface area (TPSA) is 100 Å². The van der Waals surface area contributed by atoms with Gasteiger partial charge in [0.1, 0.15) is 29.2 Å². The van der Waals surface area contributed by atoms with Crippen LogP contribution >= 0.6 is 23.5 Å². The average molecular weight is 529 g/mol. The van der Waals surface area contributed by atoms with Crippen LogP contribution in [0.3, 0.4) is 0 Å². The number of allylic oxidation sites excluding steroid dienone is 1. The summed E-state index contributed by atoms with van der Waals surface area (Å²) in [5.41, 5.74) is 0.721. The molecule has 1 aliphatic heterocycles. The maximum Gasteiger partial charge on any atom is 0.311 e. The molecule has 0 saturated heterocycles. The summed E-state index contributed by atoms with van der Waals surface area (Å²) in [5.74, 6) is 0.876. The Balaban J connectivity index is 2.36. The first kappa shape index (κ1) is 29.8. The van der Waals surface area contributed by atoms with E-state index in [2.05, 4.69) is 34.6 Å². The van der Waals surface area contributed by atoms with Gasteiger partial charge in [-0.1, -0.05) is 72.0 Å². The number of carbonyl (C=O) groups is 2. The zero-order valence-corrected chi connectivity index (χ0v) is 24.1. The summed E-state index contributed by atoms with van der Waals surface area (Å²) in [5, 5.41) is 18.8. The summed E-state index contributed by atoms with van der Waals surface area (Å²) in [6.07, 6.45) is 2.36. The summed E-state index contributed by atoms with van der Waals surface area (Å²) in [4.78, 5) is 26.7. The Labute approximate surface area is 223 Å². The number of esters is 2. The first-order chi connectivity index (χ1) is 16.7. The van der Waals surface area contributed by atoms with E-state index in [9.17, 15) is 20.1 Å². The molecule has 2 atom stereocenters. The Morgan fingerprint density at radius 3 is 2.06 bits per heavy atom. The van der Waals surface area contributed by atoms with E-state index in [-0.39, 0.29) is 47.6 Å². The number of benzene rings is 1. The zero-order chi connectivity index (χ0) is 27.2. The molecule has 6 nitrogen and oxygen atoms in total. The van der Waals surface area contributed by atoms with Gasteiger partial charge in [0.05, 0.1) is 14.0 Å². The van der Waals surface area contributed by atoms with E-state index in [1.54, 1.807) is 13.0 Å². The van der Waals surface area contributed by atoms with Crippen LogP contribution < -0.4 is 9.47 Å². The normalized spacial score (nSPS) is 14.5. The first-order valence-electron chi connectivity index (χ1n) is 12.2. The number of nitrogens with zero attached hydrogens (tertiary/aromatic N) is 2. The molecule has 0 amide bonds. The first-order valence-corrected chi connectivity index (χ1v) is 13.9. The Morgan fingerprint density at radius 2 is 1.50 bits per heavy atom. The molecular weight excluding hydrogens is 492 g/mol. The Morgan fingerprint density at radius 1 is 0.944 bits per heavy atom. The quantitative estimate of drug-likeness (QED) is 0.182. The number of ether oxygens (including phenoxy) is 2. The summed E-state index contributed by atoms with van der Waals surface area (Å²) < 4.78 is 12.1. The van der Waals surface area contributed by atoms with Crippen molar-refractivity contribution in [1.29, 1.82) is 10.5 Å². The average Bonchev–Trinajstić information content (AvgIpc) is 3.14. The van der Waals surface area contributed by atoms with Crippen molar-refractivity contribution in [2.75, 3.05) is 0 Å². The SMILES string of the molecule is Cc1cc(OC(=O)CC(C)CC(C)(C)C)c2c(c1OC(=O)CC(C)CC(C)C)SC(=C(C#N)C#N)S2. The van der Waals surface area contributed by atoms with Crippen molar-refractivity contribution in [1.82, 2.24) is 0 Å². The lowest BCUT2D eigenvalue weighted by atomic mass is 9.84. The zero-order valence-electron chi connectivity index (χ0n) is 22.5. The highest BCUT2D eigenvalue weighted by atomic mass is 32.2. The van der Waals surface area contributed by atoms with Gasteiger partial charge in [-0.05, 0) is 54.6 Å². The monoisotopic (exact) mass is 528 g/mol. The number of fused-ring (bicyclic) bond motifs is 1. The number of carbonyl (C=O) groups excluding carboxylic acids is 2. The highest BCUT2D eigenvalue weighted by Gasteiger charge is 2.32. The number of thioether (sulfide) groups is 2. The van der Waals surface area contributed by atoms with Gasteiger partial charge in [-0.3, -0.25) is 9.59 Å². The van der Waals surface area contributed by atoms with Crippen molar-refractivity contribution < 1.29 is 19.1 Å². The second-order valence-electron chi connectivity index (χ2n) is 11.2. The maximum absolute atomic E-state index is 12.8. The number of nitriles is 2. The molecule has 1 aromatic rings. The Bertz CT molecular complexity index is 1100. The number of hydrogen-bond donors (Lipinski definition) is 0. The van der Waals surface area contributed by atoms with Crippen LogP contribution in [0.15, 0.2) is 25.7 Å². The fourth-order valence-corrected chi connectivity index (χ4v) is 6.98. The van der Waals surface area contributed by atoms with Crippen LogP contribution in [0, 0.1) is 52.8 Å². The van der Waals surface area contributed by atoms with Crippen molar-refractivity contribution in [2.45, 2.75) is 90.9 Å². The standard InChI is InChI=1S/C28H36N2O4S2/c1-16(2)9-17(3)10-23(32)34-24-19(5)12-21(33-22(31)11-18(4)13-28(6,7)8)25-26(24)36-27(35-25)20(14-29)15-30/h12,16-18H,9-11,13H2,1-8H3. The van der Waals surface area contributed by atoms with Crippen molar-refractivity contribution >= 4 is 35.5 Å². The maximum atomic E-state index is 12.8. The lowest BCUT2D eigenvalue weighted by Gasteiger charge is -2.22. The van der Waals surface area contributed by atoms with Crippen molar-refractivity contribution in [3.8, 4) is 23.6 Å². The third-order valence-corrected chi connectivity index (χ3v) is 8.08. The fraction of sp³-hybridized carbons (Fsp3) is 0.571. The van der Waals surface area contributed by atoms with E-state index in [0.717, 1.165) is 12.8 Å². The van der Waals surface area contributed by atoms with Gasteiger partial charge in [0, 0.05) is 12.8 Å². The molecule has 2 unspecified atom stereocenters. The second kappa shape index (κ2) is 12.7. The van der Waals surface area contributed by atoms with Crippen LogP contribution in [-0.2, 0) is 9.59 Å². The predicted molar refractivity (Wildman–Crippen MR) is 144 cm³/mol. The van der Waals surface area contributed by atoms with E-state index in [4.69, 9.17) is 9.47 Å². The molecule has 0 saturated carbocycles. The molecule has 1 aliphatic rings. The Hall–Kier alpha value is -2.42. The minimum atomic E-state index is -0.343. The van der Waals surface area contributed by atoms with Crippen LogP contribution in [0.25, 0.3) is 0 Å². The largest absolute Gasteiger partial charge is 0.425 e. The molecule has 0 radical (unpaired) electrons. The lowest BCUT2D eigenvalue weighted by Crippen LogP contribution is -2.18. The third-order valence-electron chi connectivity index (χ3n) is 5.46. The summed E-state index contributed by atoms with van der Waals surface area (Å²) in [6, 6.07) is 5.53. The molecule has 0 spiro atoms. The summed E-state index contributed by atoms with van der Waals surface area (Å²) in [6.45, 7) is 16.5. The molecular formula is C28H36N2O4S2. The third kappa shape index (κ3) is 8.61. The van der Waals surface area contributed by atoms with E-state index < -0.39 is 0 Å². The highest BCUT2D eigenvalue weighted by molar-refractivity contribution is 8.24. The molecule has 1 aromatic carbocycles. The smallest absolute Gasteiger partial charge is 0.311 e. The number of aryl methyl sites for hydroxylation is 1. The van der Waals surface area contributed by atoms with Crippen LogP contribution in [0.5, 0.6) is 11.5 Å².